The Morgan fingerprint density at radius 1 is 1.27 bits per heavy atom. The number of carbonyl (C=O) groups is 1. The van der Waals surface area contributed by atoms with E-state index in [2.05, 4.69) is 5.32 Å². The van der Waals surface area contributed by atoms with Gasteiger partial charge in [-0.1, -0.05) is 6.92 Å². The van der Waals surface area contributed by atoms with E-state index in [1.807, 2.05) is 0 Å². The van der Waals surface area contributed by atoms with Crippen LogP contribution in [0.5, 0.6) is 0 Å². The summed E-state index contributed by atoms with van der Waals surface area (Å²) in [4.78, 5) is 13.2. The lowest BCUT2D eigenvalue weighted by atomic mass is 10.2. The number of sulfone groups is 1. The molecule has 0 aromatic heterocycles. The molecule has 0 heterocycles. The van der Waals surface area contributed by atoms with Gasteiger partial charge in [0, 0.05) is 31.5 Å². The Bertz CT molecular complexity index is 615. The van der Waals surface area contributed by atoms with Crippen LogP contribution in [-0.4, -0.2) is 43.9 Å². The van der Waals surface area contributed by atoms with Gasteiger partial charge in [-0.15, -0.1) is 0 Å². The largest absolute Gasteiger partial charge is 0.334 e. The van der Waals surface area contributed by atoms with E-state index in [1.165, 1.54) is 11.9 Å². The minimum absolute atomic E-state index is 0.00929. The van der Waals surface area contributed by atoms with Gasteiger partial charge < -0.3 is 10.2 Å². The van der Waals surface area contributed by atoms with Gasteiger partial charge in [-0.25, -0.2) is 22.0 Å². The van der Waals surface area contributed by atoms with E-state index in [4.69, 9.17) is 0 Å². The Kier molecular flexibility index (Phi) is 6.28. The van der Waals surface area contributed by atoms with E-state index >= 15 is 0 Å². The second-order valence-corrected chi connectivity index (χ2v) is 7.49. The summed E-state index contributed by atoms with van der Waals surface area (Å²) in [6.45, 7) is 3.11. The van der Waals surface area contributed by atoms with Gasteiger partial charge in [0.25, 0.3) is 0 Å². The minimum atomic E-state index is -3.20. The number of carbonyl (C=O) groups excluding carboxylic acids is 1. The quantitative estimate of drug-likeness (QED) is 0.864. The summed E-state index contributed by atoms with van der Waals surface area (Å²) >= 11 is 0. The predicted octanol–water partition coefficient (Wildman–Crippen LogP) is 1.93. The molecule has 1 aromatic rings. The summed E-state index contributed by atoms with van der Waals surface area (Å²) in [5.41, 5.74) is 0.285. The van der Waals surface area contributed by atoms with Crippen LogP contribution in [0, 0.1) is 11.6 Å². The number of nitrogens with zero attached hydrogens (tertiary/aromatic N) is 1. The van der Waals surface area contributed by atoms with E-state index < -0.39 is 33.5 Å². The van der Waals surface area contributed by atoms with E-state index in [0.717, 1.165) is 18.2 Å². The minimum Gasteiger partial charge on any atom is -0.334 e. The van der Waals surface area contributed by atoms with Crippen molar-refractivity contribution in [3.05, 3.63) is 35.4 Å². The van der Waals surface area contributed by atoms with Crippen molar-refractivity contribution in [2.24, 2.45) is 0 Å². The molecule has 0 aliphatic rings. The maximum absolute atomic E-state index is 13.0. The molecule has 1 unspecified atom stereocenters. The molecule has 0 aliphatic heterocycles. The molecule has 8 heteroatoms. The van der Waals surface area contributed by atoms with Gasteiger partial charge in [-0.3, -0.25) is 0 Å². The van der Waals surface area contributed by atoms with Crippen LogP contribution in [0.1, 0.15) is 19.4 Å². The fourth-order valence-corrected chi connectivity index (χ4v) is 3.01. The molecule has 0 saturated heterocycles. The molecule has 2 amide bonds. The third kappa shape index (κ3) is 5.59. The molecule has 1 rings (SSSR count). The second-order valence-electron chi connectivity index (χ2n) is 5.10. The van der Waals surface area contributed by atoms with Crippen LogP contribution >= 0.6 is 0 Å². The Morgan fingerprint density at radius 3 is 2.32 bits per heavy atom. The van der Waals surface area contributed by atoms with Crippen LogP contribution in [0.25, 0.3) is 0 Å². The van der Waals surface area contributed by atoms with Crippen molar-refractivity contribution in [3.8, 4) is 0 Å². The summed E-state index contributed by atoms with van der Waals surface area (Å²) in [6.07, 6.45) is 0. The lowest BCUT2D eigenvalue weighted by Crippen LogP contribution is -2.45. The van der Waals surface area contributed by atoms with Crippen molar-refractivity contribution < 1.29 is 22.0 Å². The molecular formula is C14H20F2N2O3S. The van der Waals surface area contributed by atoms with Crippen LogP contribution in [0.3, 0.4) is 0 Å². The summed E-state index contributed by atoms with van der Waals surface area (Å²) in [7, 11) is -1.73. The first kappa shape index (κ1) is 18.3. The maximum atomic E-state index is 13.0. The van der Waals surface area contributed by atoms with Crippen molar-refractivity contribution in [1.29, 1.82) is 0 Å². The normalized spacial score (nSPS) is 12.8. The highest BCUT2D eigenvalue weighted by atomic mass is 32.2. The molecule has 1 atom stereocenters. The molecule has 5 nitrogen and oxygen atoms in total. The fraction of sp³-hybridized carbons (Fsp3) is 0.500. The number of urea groups is 1. The lowest BCUT2D eigenvalue weighted by Gasteiger charge is -2.25. The molecule has 0 bridgehead atoms. The summed E-state index contributed by atoms with van der Waals surface area (Å²) in [6, 6.07) is 1.97. The molecule has 0 aliphatic carbocycles. The molecule has 1 aromatic carbocycles. The molecule has 0 fully saturated rings. The van der Waals surface area contributed by atoms with Gasteiger partial charge in [0.2, 0.25) is 0 Å². The van der Waals surface area contributed by atoms with Crippen molar-refractivity contribution in [1.82, 2.24) is 10.2 Å². The van der Waals surface area contributed by atoms with Gasteiger partial charge in [0.1, 0.15) is 11.6 Å². The molecule has 0 spiro atoms. The number of hydrogen-bond acceptors (Lipinski definition) is 3. The average molecular weight is 334 g/mol. The fourth-order valence-electron chi connectivity index (χ4n) is 1.81. The first-order valence-electron chi connectivity index (χ1n) is 6.80. The van der Waals surface area contributed by atoms with Gasteiger partial charge in [0.15, 0.2) is 9.84 Å². The van der Waals surface area contributed by atoms with Crippen LogP contribution in [-0.2, 0) is 16.4 Å². The number of hydrogen-bond donors (Lipinski definition) is 1. The topological polar surface area (TPSA) is 66.5 Å². The highest BCUT2D eigenvalue weighted by Crippen LogP contribution is 2.08. The maximum Gasteiger partial charge on any atom is 0.317 e. The van der Waals surface area contributed by atoms with Crippen LogP contribution in [0.2, 0.25) is 0 Å². The zero-order valence-corrected chi connectivity index (χ0v) is 13.6. The van der Waals surface area contributed by atoms with Gasteiger partial charge in [0.05, 0.1) is 5.75 Å². The number of rotatable bonds is 6. The highest BCUT2D eigenvalue weighted by molar-refractivity contribution is 7.91. The summed E-state index contributed by atoms with van der Waals surface area (Å²) in [5.74, 6) is -1.57. The molecule has 124 valence electrons. The summed E-state index contributed by atoms with van der Waals surface area (Å²) in [5, 5.41) is 2.50. The zero-order valence-electron chi connectivity index (χ0n) is 12.8. The van der Waals surface area contributed by atoms with E-state index in [0.29, 0.717) is 0 Å². The molecular weight excluding hydrogens is 314 g/mol. The average Bonchev–Trinajstić information content (AvgIpc) is 2.42. The molecule has 0 saturated carbocycles. The van der Waals surface area contributed by atoms with Crippen molar-refractivity contribution in [2.45, 2.75) is 26.4 Å². The first-order valence-corrected chi connectivity index (χ1v) is 8.63. The van der Waals surface area contributed by atoms with Gasteiger partial charge >= 0.3 is 6.03 Å². The Morgan fingerprint density at radius 2 is 1.82 bits per heavy atom. The first-order chi connectivity index (χ1) is 10.1. The zero-order chi connectivity index (χ0) is 16.9. The Hall–Kier alpha value is -1.70. The van der Waals surface area contributed by atoms with Crippen molar-refractivity contribution in [3.63, 3.8) is 0 Å². The molecule has 1 N–H and O–H groups in total. The highest BCUT2D eigenvalue weighted by Gasteiger charge is 2.21. The lowest BCUT2D eigenvalue weighted by molar-refractivity contribution is 0.197. The van der Waals surface area contributed by atoms with Crippen LogP contribution in [0.15, 0.2) is 18.2 Å². The Labute approximate surface area is 129 Å². The van der Waals surface area contributed by atoms with Crippen LogP contribution < -0.4 is 5.32 Å². The third-order valence-corrected chi connectivity index (χ3v) is 5.15. The number of amides is 2. The van der Waals surface area contributed by atoms with E-state index in [-0.39, 0.29) is 23.6 Å². The SMILES string of the molecule is CCS(=O)(=O)CC(C)N(C)C(=O)NCc1cc(F)cc(F)c1. The number of halogens is 2. The third-order valence-electron chi connectivity index (χ3n) is 3.28. The molecule has 22 heavy (non-hydrogen) atoms. The second kappa shape index (κ2) is 7.53. The number of benzene rings is 1. The smallest absolute Gasteiger partial charge is 0.317 e. The number of nitrogens with one attached hydrogen (secondary N) is 1. The Balaban J connectivity index is 2.60. The van der Waals surface area contributed by atoms with Crippen LogP contribution in [0.4, 0.5) is 13.6 Å². The monoisotopic (exact) mass is 334 g/mol. The van der Waals surface area contributed by atoms with E-state index in [1.54, 1.807) is 13.8 Å². The van der Waals surface area contributed by atoms with Gasteiger partial charge in [-0.05, 0) is 24.6 Å². The van der Waals surface area contributed by atoms with Crippen molar-refractivity contribution in [2.75, 3.05) is 18.6 Å². The molecule has 0 radical (unpaired) electrons. The van der Waals surface area contributed by atoms with Crippen molar-refractivity contribution >= 4 is 15.9 Å². The standard InChI is InChI=1S/C14H20F2N2O3S/c1-4-22(20,21)9-10(2)18(3)14(19)17-8-11-5-12(15)7-13(16)6-11/h5-7,10H,4,8-9H2,1-3H3,(H,17,19). The van der Waals surface area contributed by atoms with E-state index in [9.17, 15) is 22.0 Å². The predicted molar refractivity (Wildman–Crippen MR) is 80.1 cm³/mol. The summed E-state index contributed by atoms with van der Waals surface area (Å²) < 4.78 is 49.2. The van der Waals surface area contributed by atoms with Gasteiger partial charge in [-0.2, -0.15) is 0 Å².